The number of esters is 1. The van der Waals surface area contributed by atoms with Crippen LogP contribution in [0.5, 0.6) is 0 Å². The minimum Gasteiger partial charge on any atom is -0.460 e. The minimum atomic E-state index is -0.392. The Bertz CT molecular complexity index is 759. The van der Waals surface area contributed by atoms with E-state index in [0.29, 0.717) is 16.7 Å². The van der Waals surface area contributed by atoms with Gasteiger partial charge in [-0.05, 0) is 110 Å². The van der Waals surface area contributed by atoms with E-state index in [2.05, 4.69) is 39.4 Å². The zero-order valence-corrected chi connectivity index (χ0v) is 22.5. The predicted molar refractivity (Wildman–Crippen MR) is 135 cm³/mol. The highest BCUT2D eigenvalue weighted by molar-refractivity contribution is 5.71. The maximum Gasteiger partial charge on any atom is 0.345 e. The van der Waals surface area contributed by atoms with Crippen molar-refractivity contribution in [3.63, 3.8) is 0 Å². The average Bonchev–Trinajstić information content (AvgIpc) is 3.15. The van der Waals surface area contributed by atoms with Crippen LogP contribution in [0.3, 0.4) is 0 Å². The largest absolute Gasteiger partial charge is 0.460 e. The van der Waals surface area contributed by atoms with Gasteiger partial charge < -0.3 is 9.47 Å². The molecule has 4 nitrogen and oxygen atoms in total. The van der Waals surface area contributed by atoms with Crippen molar-refractivity contribution in [2.24, 2.45) is 52.3 Å². The first kappa shape index (κ1) is 25.8. The first-order valence-electron chi connectivity index (χ1n) is 14.4. The van der Waals surface area contributed by atoms with Crippen LogP contribution in [0.4, 0.5) is 0 Å². The van der Waals surface area contributed by atoms with Crippen molar-refractivity contribution in [2.45, 2.75) is 118 Å². The molecule has 192 valence electrons. The molecule has 9 unspecified atom stereocenters. The van der Waals surface area contributed by atoms with Crippen molar-refractivity contribution >= 4 is 5.97 Å². The molecule has 4 rings (SSSR count). The average molecular weight is 472 g/mol. The highest BCUT2D eigenvalue weighted by atomic mass is 16.6. The quantitative estimate of drug-likeness (QED) is 0.271. The van der Waals surface area contributed by atoms with E-state index in [1.54, 1.807) is 6.26 Å². The van der Waals surface area contributed by atoms with Gasteiger partial charge in [-0.25, -0.2) is 4.79 Å². The number of hydrogen-bond donors (Lipinski definition) is 0. The SMILES string of the molecule is CC(C)CCCC(C)C1CCC2C3CCC4CC(OC(=O)COC#N)CCC4(C)C3CCC12C. The summed E-state index contributed by atoms with van der Waals surface area (Å²) in [7, 11) is 0. The number of rotatable bonds is 8. The molecule has 0 aromatic heterocycles. The number of nitrogens with zero attached hydrogens (tertiary/aromatic N) is 1. The summed E-state index contributed by atoms with van der Waals surface area (Å²) < 4.78 is 10.3. The summed E-state index contributed by atoms with van der Waals surface area (Å²) in [5.74, 6) is 5.55. The van der Waals surface area contributed by atoms with Gasteiger partial charge in [-0.3, -0.25) is 0 Å². The molecule has 4 aliphatic carbocycles. The first-order valence-corrected chi connectivity index (χ1v) is 14.4. The highest BCUT2D eigenvalue weighted by Crippen LogP contribution is 2.68. The maximum atomic E-state index is 12.0. The number of nitriles is 1. The van der Waals surface area contributed by atoms with E-state index in [9.17, 15) is 4.79 Å². The lowest BCUT2D eigenvalue weighted by Gasteiger charge is -2.61. The fraction of sp³-hybridized carbons (Fsp3) is 0.933. The van der Waals surface area contributed by atoms with Crippen molar-refractivity contribution in [3.8, 4) is 6.26 Å². The standard InChI is InChI=1S/C30H49NO3/c1-20(2)7-6-8-21(3)25-11-12-26-24-10-9-22-17-23(34-28(32)18-33-19-31)13-15-29(22,4)27(24)14-16-30(25,26)5/h20-27H,6-18H2,1-5H3. The van der Waals surface area contributed by atoms with Crippen LogP contribution < -0.4 is 0 Å². The molecule has 0 N–H and O–H groups in total. The van der Waals surface area contributed by atoms with Crippen LogP contribution in [-0.2, 0) is 14.3 Å². The molecule has 0 amide bonds. The third kappa shape index (κ3) is 4.87. The highest BCUT2D eigenvalue weighted by Gasteiger charge is 2.60. The molecule has 0 spiro atoms. The molecule has 0 radical (unpaired) electrons. The molecular weight excluding hydrogens is 422 g/mol. The number of hydrogen-bond acceptors (Lipinski definition) is 4. The summed E-state index contributed by atoms with van der Waals surface area (Å²) in [6, 6.07) is 0. The van der Waals surface area contributed by atoms with Crippen molar-refractivity contribution in [1.82, 2.24) is 0 Å². The molecule has 0 bridgehead atoms. The maximum absolute atomic E-state index is 12.0. The Hall–Kier alpha value is -1.24. The van der Waals surface area contributed by atoms with Crippen molar-refractivity contribution in [2.75, 3.05) is 6.61 Å². The molecule has 4 heteroatoms. The van der Waals surface area contributed by atoms with Crippen LogP contribution in [0.15, 0.2) is 0 Å². The van der Waals surface area contributed by atoms with Crippen LogP contribution in [0.25, 0.3) is 0 Å². The molecule has 0 aliphatic heterocycles. The summed E-state index contributed by atoms with van der Waals surface area (Å²) in [5, 5.41) is 8.53. The molecule has 0 aromatic carbocycles. The Labute approximate surface area is 208 Å². The number of carbonyl (C=O) groups is 1. The van der Waals surface area contributed by atoms with Gasteiger partial charge in [0, 0.05) is 0 Å². The van der Waals surface area contributed by atoms with Crippen molar-refractivity contribution < 1.29 is 14.3 Å². The van der Waals surface area contributed by atoms with Crippen LogP contribution in [0, 0.1) is 63.8 Å². The Morgan fingerprint density at radius 2 is 1.71 bits per heavy atom. The summed E-state index contributed by atoms with van der Waals surface area (Å²) >= 11 is 0. The Kier molecular flexibility index (Phi) is 7.90. The summed E-state index contributed by atoms with van der Waals surface area (Å²) in [6.07, 6.45) is 17.3. The lowest BCUT2D eigenvalue weighted by atomic mass is 9.44. The van der Waals surface area contributed by atoms with Crippen LogP contribution in [0.1, 0.15) is 112 Å². The van der Waals surface area contributed by atoms with E-state index < -0.39 is 5.97 Å². The molecule has 9 atom stereocenters. The van der Waals surface area contributed by atoms with Gasteiger partial charge in [0.15, 0.2) is 6.61 Å². The second-order valence-corrected chi connectivity index (χ2v) is 13.5. The Morgan fingerprint density at radius 3 is 2.44 bits per heavy atom. The summed E-state index contributed by atoms with van der Waals surface area (Å²) in [5.41, 5.74) is 0.951. The van der Waals surface area contributed by atoms with E-state index in [0.717, 1.165) is 48.3 Å². The Morgan fingerprint density at radius 1 is 0.971 bits per heavy atom. The number of fused-ring (bicyclic) bond motifs is 5. The minimum absolute atomic E-state index is 0.000763. The summed E-state index contributed by atoms with van der Waals surface area (Å²) in [6.45, 7) is 12.3. The molecule has 0 heterocycles. The molecule has 4 saturated carbocycles. The first-order chi connectivity index (χ1) is 16.2. The molecule has 4 fully saturated rings. The Balaban J connectivity index is 1.38. The summed E-state index contributed by atoms with van der Waals surface area (Å²) in [4.78, 5) is 12.0. The second-order valence-electron chi connectivity index (χ2n) is 13.5. The third-order valence-electron chi connectivity index (χ3n) is 11.4. The molecule has 34 heavy (non-hydrogen) atoms. The predicted octanol–water partition coefficient (Wildman–Crippen LogP) is 7.52. The molecule has 0 saturated heterocycles. The zero-order valence-electron chi connectivity index (χ0n) is 22.5. The van der Waals surface area contributed by atoms with Crippen molar-refractivity contribution in [3.05, 3.63) is 0 Å². The molecular formula is C30H49NO3. The smallest absolute Gasteiger partial charge is 0.345 e. The van der Waals surface area contributed by atoms with Gasteiger partial charge in [0.25, 0.3) is 6.26 Å². The number of carbonyl (C=O) groups excluding carboxylic acids is 1. The molecule has 0 aromatic rings. The van der Waals surface area contributed by atoms with E-state index in [4.69, 9.17) is 10.00 Å². The third-order valence-corrected chi connectivity index (χ3v) is 11.4. The zero-order chi connectivity index (χ0) is 24.5. The lowest BCUT2D eigenvalue weighted by molar-refractivity contribution is -0.165. The van der Waals surface area contributed by atoms with Gasteiger partial charge in [-0.1, -0.05) is 53.9 Å². The van der Waals surface area contributed by atoms with E-state index in [-0.39, 0.29) is 12.7 Å². The van der Waals surface area contributed by atoms with Crippen LogP contribution >= 0.6 is 0 Å². The van der Waals surface area contributed by atoms with E-state index in [1.165, 1.54) is 64.2 Å². The van der Waals surface area contributed by atoms with Gasteiger partial charge in [-0.15, -0.1) is 0 Å². The van der Waals surface area contributed by atoms with Crippen LogP contribution in [-0.4, -0.2) is 18.7 Å². The van der Waals surface area contributed by atoms with Gasteiger partial charge in [0.05, 0.1) is 0 Å². The van der Waals surface area contributed by atoms with E-state index in [1.807, 2.05) is 0 Å². The van der Waals surface area contributed by atoms with E-state index >= 15 is 0 Å². The second kappa shape index (κ2) is 10.4. The van der Waals surface area contributed by atoms with Crippen LogP contribution in [0.2, 0.25) is 0 Å². The molecule has 4 aliphatic rings. The van der Waals surface area contributed by atoms with Crippen molar-refractivity contribution in [1.29, 1.82) is 5.26 Å². The fourth-order valence-electron chi connectivity index (χ4n) is 9.66. The van der Waals surface area contributed by atoms with Gasteiger partial charge in [0.1, 0.15) is 6.10 Å². The van der Waals surface area contributed by atoms with Gasteiger partial charge >= 0.3 is 5.97 Å². The van der Waals surface area contributed by atoms with Gasteiger partial charge in [-0.2, -0.15) is 5.26 Å². The fourth-order valence-corrected chi connectivity index (χ4v) is 9.66. The normalized spacial score (nSPS) is 42.1. The lowest BCUT2D eigenvalue weighted by Crippen LogP contribution is -2.54. The number of ether oxygens (including phenoxy) is 2. The monoisotopic (exact) mass is 471 g/mol. The topological polar surface area (TPSA) is 59.3 Å². The van der Waals surface area contributed by atoms with Gasteiger partial charge in [0.2, 0.25) is 0 Å².